The van der Waals surface area contributed by atoms with Crippen LogP contribution in [0.4, 0.5) is 21.7 Å². The first-order chi connectivity index (χ1) is 14.1. The molecule has 3 aliphatic heterocycles. The van der Waals surface area contributed by atoms with Gasteiger partial charge in [-0.05, 0) is 31.0 Å². The van der Waals surface area contributed by atoms with Crippen LogP contribution >= 0.6 is 11.8 Å². The van der Waals surface area contributed by atoms with Crippen LogP contribution in [0, 0.1) is 5.82 Å². The van der Waals surface area contributed by atoms with Gasteiger partial charge in [-0.3, -0.25) is 4.79 Å². The van der Waals surface area contributed by atoms with Crippen molar-refractivity contribution in [2.75, 3.05) is 35.2 Å². The molecule has 2 aromatic rings. The summed E-state index contributed by atoms with van der Waals surface area (Å²) in [4.78, 5) is 26.5. The minimum absolute atomic E-state index is 0.0764. The van der Waals surface area contributed by atoms with Gasteiger partial charge >= 0.3 is 0 Å². The van der Waals surface area contributed by atoms with Gasteiger partial charge in [0.1, 0.15) is 11.2 Å². The first kappa shape index (κ1) is 18.2. The van der Waals surface area contributed by atoms with Gasteiger partial charge in [-0.15, -0.1) is 0 Å². The van der Waals surface area contributed by atoms with Crippen molar-refractivity contribution >= 4 is 35.0 Å². The minimum Gasteiger partial charge on any atom is -0.396 e. The number of aromatic nitrogens is 2. The first-order valence-electron chi connectivity index (χ1n) is 9.70. The number of hydrogen-bond acceptors (Lipinski definition) is 7. The van der Waals surface area contributed by atoms with Gasteiger partial charge in [-0.25, -0.2) is 14.4 Å². The second-order valence-corrected chi connectivity index (χ2v) is 8.49. The van der Waals surface area contributed by atoms with Gasteiger partial charge in [0.25, 0.3) is 5.91 Å². The van der Waals surface area contributed by atoms with Gasteiger partial charge in [0.2, 0.25) is 5.95 Å². The molecule has 9 heteroatoms. The molecule has 0 aliphatic carbocycles. The number of nitrogen functional groups attached to an aromatic ring is 1. The lowest BCUT2D eigenvalue weighted by Crippen LogP contribution is -2.37. The van der Waals surface area contributed by atoms with E-state index < -0.39 is 5.82 Å². The molecule has 1 saturated heterocycles. The van der Waals surface area contributed by atoms with Gasteiger partial charge in [0.05, 0.1) is 10.6 Å². The molecule has 0 saturated carbocycles. The van der Waals surface area contributed by atoms with E-state index in [1.807, 2.05) is 12.4 Å². The summed E-state index contributed by atoms with van der Waals surface area (Å²) in [6.45, 7) is 2.50. The molecule has 29 heavy (non-hydrogen) atoms. The van der Waals surface area contributed by atoms with E-state index in [2.05, 4.69) is 20.2 Å². The van der Waals surface area contributed by atoms with Crippen LogP contribution in [0.1, 0.15) is 30.2 Å². The highest BCUT2D eigenvalue weighted by Crippen LogP contribution is 2.44. The molecule has 0 bridgehead atoms. The van der Waals surface area contributed by atoms with Crippen LogP contribution in [-0.4, -0.2) is 35.5 Å². The van der Waals surface area contributed by atoms with Crippen molar-refractivity contribution < 1.29 is 9.18 Å². The van der Waals surface area contributed by atoms with Crippen molar-refractivity contribution in [2.24, 2.45) is 0 Å². The third kappa shape index (κ3) is 3.29. The zero-order valence-electron chi connectivity index (χ0n) is 15.8. The highest BCUT2D eigenvalue weighted by molar-refractivity contribution is 8.04. The molecule has 1 amide bonds. The lowest BCUT2D eigenvalue weighted by molar-refractivity contribution is -0.114. The fraction of sp³-hybridized carbons (Fsp3) is 0.350. The van der Waals surface area contributed by atoms with Crippen molar-refractivity contribution in [3.05, 3.63) is 52.6 Å². The molecule has 1 atom stereocenters. The lowest BCUT2D eigenvalue weighted by Gasteiger charge is -2.27. The van der Waals surface area contributed by atoms with Crippen molar-refractivity contribution in [1.82, 2.24) is 15.3 Å². The normalized spacial score (nSPS) is 21.6. The maximum atomic E-state index is 13.8. The van der Waals surface area contributed by atoms with Crippen LogP contribution < -0.4 is 20.9 Å². The lowest BCUT2D eigenvalue weighted by atomic mass is 10.1. The van der Waals surface area contributed by atoms with Gasteiger partial charge in [0.15, 0.2) is 0 Å². The van der Waals surface area contributed by atoms with Crippen LogP contribution in [0.15, 0.2) is 41.2 Å². The molecule has 1 aromatic heterocycles. The zero-order chi connectivity index (χ0) is 20.0. The van der Waals surface area contributed by atoms with Gasteiger partial charge in [-0.2, -0.15) is 0 Å². The van der Waals surface area contributed by atoms with Gasteiger partial charge in [-0.1, -0.05) is 11.8 Å². The molecule has 3 N–H and O–H groups in total. The Hall–Kier alpha value is -2.81. The summed E-state index contributed by atoms with van der Waals surface area (Å²) in [5, 5.41) is 3.33. The van der Waals surface area contributed by atoms with E-state index >= 15 is 0 Å². The number of nitrogens with one attached hydrogen (secondary N) is 1. The Morgan fingerprint density at radius 3 is 2.66 bits per heavy atom. The molecule has 1 aromatic carbocycles. The molecule has 0 radical (unpaired) electrons. The van der Waals surface area contributed by atoms with Crippen molar-refractivity contribution in [3.8, 4) is 0 Å². The number of halogens is 1. The maximum absolute atomic E-state index is 13.8. The van der Waals surface area contributed by atoms with Crippen molar-refractivity contribution in [2.45, 2.75) is 24.6 Å². The summed E-state index contributed by atoms with van der Waals surface area (Å²) in [5.74, 6) is 0.130. The van der Waals surface area contributed by atoms with E-state index in [1.54, 1.807) is 11.0 Å². The number of rotatable bonds is 3. The number of benzene rings is 1. The second-order valence-electron chi connectivity index (χ2n) is 7.37. The van der Waals surface area contributed by atoms with E-state index in [0.717, 1.165) is 30.3 Å². The highest BCUT2D eigenvalue weighted by Gasteiger charge is 2.36. The Morgan fingerprint density at radius 1 is 1.17 bits per heavy atom. The average Bonchev–Trinajstić information content (AvgIpc) is 3.41. The molecular formula is C20H21FN6OS. The fourth-order valence-electron chi connectivity index (χ4n) is 3.88. The van der Waals surface area contributed by atoms with Gasteiger partial charge < -0.3 is 20.9 Å². The largest absolute Gasteiger partial charge is 0.396 e. The Morgan fingerprint density at radius 2 is 1.93 bits per heavy atom. The van der Waals surface area contributed by atoms with Crippen molar-refractivity contribution in [3.63, 3.8) is 0 Å². The van der Waals surface area contributed by atoms with Crippen LogP contribution in [0.25, 0.3) is 0 Å². The predicted octanol–water partition coefficient (Wildman–Crippen LogP) is 2.78. The number of carbonyl (C=O) groups excluding carboxylic acids is 1. The highest BCUT2D eigenvalue weighted by atomic mass is 32.2. The molecule has 1 fully saturated rings. The molecular weight excluding hydrogens is 391 g/mol. The molecule has 1 unspecified atom stereocenters. The Labute approximate surface area is 172 Å². The minimum atomic E-state index is -0.514. The summed E-state index contributed by atoms with van der Waals surface area (Å²) >= 11 is 1.46. The van der Waals surface area contributed by atoms with E-state index in [-0.39, 0.29) is 17.0 Å². The SMILES string of the molecule is Nc1ccc(N2CCC3=C(SC(c4cnc(N5CCCC5)nc4)N3)C2=O)cc1F. The summed E-state index contributed by atoms with van der Waals surface area (Å²) < 4.78 is 13.8. The van der Waals surface area contributed by atoms with Crippen LogP contribution in [0.5, 0.6) is 0 Å². The molecule has 3 aliphatic rings. The maximum Gasteiger partial charge on any atom is 0.266 e. The Kier molecular flexibility index (Phi) is 4.54. The molecule has 150 valence electrons. The van der Waals surface area contributed by atoms with E-state index in [1.165, 1.54) is 36.7 Å². The van der Waals surface area contributed by atoms with E-state index in [0.29, 0.717) is 23.6 Å². The van der Waals surface area contributed by atoms with E-state index in [4.69, 9.17) is 5.73 Å². The predicted molar refractivity (Wildman–Crippen MR) is 112 cm³/mol. The molecule has 4 heterocycles. The summed E-state index contributed by atoms with van der Waals surface area (Å²) in [5.41, 5.74) is 8.02. The van der Waals surface area contributed by atoms with Crippen LogP contribution in [0.2, 0.25) is 0 Å². The third-order valence-corrected chi connectivity index (χ3v) is 6.77. The van der Waals surface area contributed by atoms with Gasteiger partial charge in [0, 0.05) is 55.4 Å². The molecule has 7 nitrogen and oxygen atoms in total. The smallest absolute Gasteiger partial charge is 0.266 e. The van der Waals surface area contributed by atoms with E-state index in [9.17, 15) is 9.18 Å². The molecule has 5 rings (SSSR count). The Balaban J connectivity index is 1.31. The quantitative estimate of drug-likeness (QED) is 0.750. The standard InChI is InChI=1S/C20H21FN6OS/c21-14-9-13(3-4-15(14)22)27-8-5-16-17(19(27)28)29-18(25-16)12-10-23-20(24-11-12)26-6-1-2-7-26/h3-4,9-11,18,25H,1-2,5-8,22H2. The van der Waals surface area contributed by atoms with Crippen molar-refractivity contribution in [1.29, 1.82) is 0 Å². The summed E-state index contributed by atoms with van der Waals surface area (Å²) in [7, 11) is 0. The number of hydrogen-bond donors (Lipinski definition) is 2. The Bertz CT molecular complexity index is 989. The third-order valence-electron chi connectivity index (χ3n) is 5.49. The summed E-state index contributed by atoms with van der Waals surface area (Å²) in [6.07, 6.45) is 6.71. The number of nitrogens with zero attached hydrogens (tertiary/aromatic N) is 4. The van der Waals surface area contributed by atoms with Crippen LogP contribution in [-0.2, 0) is 4.79 Å². The monoisotopic (exact) mass is 412 g/mol. The number of anilines is 3. The average molecular weight is 412 g/mol. The number of thioether (sulfide) groups is 1. The number of nitrogens with two attached hydrogens (primary N) is 1. The number of carbonyl (C=O) groups is 1. The topological polar surface area (TPSA) is 87.4 Å². The summed E-state index contributed by atoms with van der Waals surface area (Å²) in [6, 6.07) is 4.48. The van der Waals surface area contributed by atoms with Crippen LogP contribution in [0.3, 0.4) is 0 Å². The fourth-order valence-corrected chi connectivity index (χ4v) is 5.09. The molecule has 0 spiro atoms. The zero-order valence-corrected chi connectivity index (χ0v) is 16.6. The first-order valence-corrected chi connectivity index (χ1v) is 10.6. The number of amides is 1. The second kappa shape index (κ2) is 7.22.